The third kappa shape index (κ3) is 1.81. The monoisotopic (exact) mass is 204 g/mol. The van der Waals surface area contributed by atoms with Gasteiger partial charge in [0.1, 0.15) is 0 Å². The number of hydrogen-bond donors (Lipinski definition) is 1. The van der Waals surface area contributed by atoms with E-state index in [-0.39, 0.29) is 0 Å². The number of rotatable bonds is 2. The summed E-state index contributed by atoms with van der Waals surface area (Å²) in [6.45, 7) is 9.07. The average Bonchev–Trinajstić information content (AvgIpc) is 2.09. The average molecular weight is 204 g/mol. The number of anilines is 2. The van der Waals surface area contributed by atoms with Crippen LogP contribution in [0.2, 0.25) is 0 Å². The van der Waals surface area contributed by atoms with Crippen LogP contribution in [0.1, 0.15) is 19.4 Å². The fraction of sp³-hybridized carbons (Fsp3) is 0.538. The van der Waals surface area contributed by atoms with E-state index in [4.69, 9.17) is 5.73 Å². The van der Waals surface area contributed by atoms with Gasteiger partial charge in [0, 0.05) is 24.5 Å². The molecule has 0 aliphatic carbocycles. The minimum atomic E-state index is 0.794. The molecule has 0 radical (unpaired) electrons. The molecule has 1 aliphatic heterocycles. The Bertz CT molecular complexity index is 352. The second kappa shape index (κ2) is 3.76. The van der Waals surface area contributed by atoms with Gasteiger partial charge in [-0.3, -0.25) is 0 Å². The molecule has 1 aliphatic rings. The second-order valence-electron chi connectivity index (χ2n) is 4.90. The molecule has 1 heterocycles. The van der Waals surface area contributed by atoms with E-state index in [9.17, 15) is 0 Å². The molecule has 0 spiro atoms. The Labute approximate surface area is 92.1 Å². The molecule has 15 heavy (non-hydrogen) atoms. The highest BCUT2D eigenvalue weighted by atomic mass is 15.2. The first-order valence-electron chi connectivity index (χ1n) is 5.69. The summed E-state index contributed by atoms with van der Waals surface area (Å²) in [5.74, 6) is 1.65. The van der Waals surface area contributed by atoms with Crippen LogP contribution < -0.4 is 10.6 Å². The van der Waals surface area contributed by atoms with Crippen LogP contribution in [0.15, 0.2) is 18.2 Å². The van der Waals surface area contributed by atoms with Crippen molar-refractivity contribution in [1.29, 1.82) is 0 Å². The summed E-state index contributed by atoms with van der Waals surface area (Å²) in [5.41, 5.74) is 9.34. The van der Waals surface area contributed by atoms with Gasteiger partial charge in [-0.25, -0.2) is 0 Å². The van der Waals surface area contributed by atoms with Crippen LogP contribution in [-0.2, 0) is 0 Å². The molecule has 0 bridgehead atoms. The molecule has 2 N–H and O–H groups in total. The Morgan fingerprint density at radius 3 is 2.60 bits per heavy atom. The minimum absolute atomic E-state index is 0.794. The molecule has 82 valence electrons. The van der Waals surface area contributed by atoms with Crippen molar-refractivity contribution in [2.75, 3.05) is 23.7 Å². The lowest BCUT2D eigenvalue weighted by molar-refractivity contribution is 0.309. The van der Waals surface area contributed by atoms with Crippen LogP contribution in [0, 0.1) is 18.8 Å². The first-order valence-corrected chi connectivity index (χ1v) is 5.69. The van der Waals surface area contributed by atoms with E-state index in [1.807, 2.05) is 12.1 Å². The third-order valence-electron chi connectivity index (χ3n) is 3.54. The molecular weight excluding hydrogens is 184 g/mol. The summed E-state index contributed by atoms with van der Waals surface area (Å²) in [4.78, 5) is 2.43. The Balaban J connectivity index is 2.10. The molecule has 1 aromatic rings. The highest BCUT2D eigenvalue weighted by molar-refractivity contribution is 5.65. The van der Waals surface area contributed by atoms with Crippen molar-refractivity contribution < 1.29 is 0 Å². The Morgan fingerprint density at radius 2 is 2.00 bits per heavy atom. The molecule has 1 saturated heterocycles. The topological polar surface area (TPSA) is 29.3 Å². The van der Waals surface area contributed by atoms with Gasteiger partial charge in [-0.2, -0.15) is 0 Å². The Morgan fingerprint density at radius 1 is 1.33 bits per heavy atom. The van der Waals surface area contributed by atoms with E-state index < -0.39 is 0 Å². The van der Waals surface area contributed by atoms with Crippen molar-refractivity contribution in [1.82, 2.24) is 0 Å². The van der Waals surface area contributed by atoms with Crippen LogP contribution in [0.4, 0.5) is 11.4 Å². The highest BCUT2D eigenvalue weighted by Gasteiger charge is 2.29. The highest BCUT2D eigenvalue weighted by Crippen LogP contribution is 2.32. The largest absolute Gasteiger partial charge is 0.398 e. The lowest BCUT2D eigenvalue weighted by atomic mass is 9.87. The summed E-state index contributed by atoms with van der Waals surface area (Å²) in [6, 6.07) is 6.18. The summed E-state index contributed by atoms with van der Waals surface area (Å²) < 4.78 is 0. The molecule has 0 saturated carbocycles. The number of nitrogens with two attached hydrogens (primary N) is 1. The minimum Gasteiger partial charge on any atom is -0.398 e. The van der Waals surface area contributed by atoms with Gasteiger partial charge in [0.15, 0.2) is 0 Å². The van der Waals surface area contributed by atoms with Crippen molar-refractivity contribution in [3.05, 3.63) is 23.8 Å². The van der Waals surface area contributed by atoms with Crippen molar-refractivity contribution >= 4 is 11.4 Å². The van der Waals surface area contributed by atoms with Gasteiger partial charge < -0.3 is 10.6 Å². The van der Waals surface area contributed by atoms with Crippen molar-refractivity contribution in [3.63, 3.8) is 0 Å². The molecule has 1 fully saturated rings. The summed E-state index contributed by atoms with van der Waals surface area (Å²) in [5, 5.41) is 0. The van der Waals surface area contributed by atoms with E-state index in [2.05, 4.69) is 31.7 Å². The van der Waals surface area contributed by atoms with Gasteiger partial charge in [0.05, 0.1) is 0 Å². The summed E-state index contributed by atoms with van der Waals surface area (Å²) >= 11 is 0. The number of nitrogen functional groups attached to an aromatic ring is 1. The zero-order chi connectivity index (χ0) is 11.0. The third-order valence-corrected chi connectivity index (χ3v) is 3.54. The normalized spacial score (nSPS) is 16.9. The quantitative estimate of drug-likeness (QED) is 0.750. The van der Waals surface area contributed by atoms with Gasteiger partial charge in [0.2, 0.25) is 0 Å². The van der Waals surface area contributed by atoms with E-state index in [1.165, 1.54) is 24.3 Å². The molecule has 0 aromatic heterocycles. The Kier molecular flexibility index (Phi) is 2.59. The van der Waals surface area contributed by atoms with Crippen molar-refractivity contribution in [2.24, 2.45) is 11.8 Å². The van der Waals surface area contributed by atoms with Crippen LogP contribution in [0.25, 0.3) is 0 Å². The van der Waals surface area contributed by atoms with Crippen molar-refractivity contribution in [2.45, 2.75) is 20.8 Å². The van der Waals surface area contributed by atoms with E-state index in [1.54, 1.807) is 0 Å². The predicted molar refractivity (Wildman–Crippen MR) is 66.1 cm³/mol. The Hall–Kier alpha value is -1.18. The SMILES string of the molecule is Cc1c(N)cccc1N1CC(C(C)C)C1. The van der Waals surface area contributed by atoms with Crippen LogP contribution in [0.3, 0.4) is 0 Å². The summed E-state index contributed by atoms with van der Waals surface area (Å²) in [6.07, 6.45) is 0. The summed E-state index contributed by atoms with van der Waals surface area (Å²) in [7, 11) is 0. The molecular formula is C13H20N2. The van der Waals surface area contributed by atoms with E-state index >= 15 is 0 Å². The maximum absolute atomic E-state index is 5.91. The molecule has 2 heteroatoms. The predicted octanol–water partition coefficient (Wildman–Crippen LogP) is 2.67. The van der Waals surface area contributed by atoms with Gasteiger partial charge >= 0.3 is 0 Å². The lowest BCUT2D eigenvalue weighted by Gasteiger charge is -2.44. The lowest BCUT2D eigenvalue weighted by Crippen LogP contribution is -2.49. The number of hydrogen-bond acceptors (Lipinski definition) is 2. The molecule has 2 nitrogen and oxygen atoms in total. The maximum atomic E-state index is 5.91. The molecule has 0 atom stereocenters. The molecule has 2 rings (SSSR count). The first kappa shape index (κ1) is 10.3. The maximum Gasteiger partial charge on any atom is 0.0416 e. The van der Waals surface area contributed by atoms with Gasteiger partial charge in [0.25, 0.3) is 0 Å². The second-order valence-corrected chi connectivity index (χ2v) is 4.90. The van der Waals surface area contributed by atoms with Gasteiger partial charge in [-0.15, -0.1) is 0 Å². The smallest absolute Gasteiger partial charge is 0.0416 e. The molecule has 0 unspecified atom stereocenters. The zero-order valence-electron chi connectivity index (χ0n) is 9.83. The van der Waals surface area contributed by atoms with E-state index in [0.29, 0.717) is 0 Å². The van der Waals surface area contributed by atoms with Crippen molar-refractivity contribution in [3.8, 4) is 0 Å². The molecule has 0 amide bonds. The van der Waals surface area contributed by atoms with Gasteiger partial charge in [-0.1, -0.05) is 19.9 Å². The van der Waals surface area contributed by atoms with Crippen LogP contribution in [-0.4, -0.2) is 13.1 Å². The number of nitrogens with zero attached hydrogens (tertiary/aromatic N) is 1. The standard InChI is InChI=1S/C13H20N2/c1-9(2)11-7-15(8-11)13-6-4-5-12(14)10(13)3/h4-6,9,11H,7-8,14H2,1-3H3. The van der Waals surface area contributed by atoms with Crippen LogP contribution >= 0.6 is 0 Å². The molecule has 1 aromatic carbocycles. The van der Waals surface area contributed by atoms with E-state index in [0.717, 1.165) is 17.5 Å². The van der Waals surface area contributed by atoms with Crippen LogP contribution in [0.5, 0.6) is 0 Å². The fourth-order valence-corrected chi connectivity index (χ4v) is 2.11. The fourth-order valence-electron chi connectivity index (χ4n) is 2.11. The number of benzene rings is 1. The zero-order valence-corrected chi connectivity index (χ0v) is 9.83. The first-order chi connectivity index (χ1) is 7.09. The van der Waals surface area contributed by atoms with Gasteiger partial charge in [-0.05, 0) is 36.5 Å².